The van der Waals surface area contributed by atoms with Gasteiger partial charge in [-0.3, -0.25) is 0 Å². The van der Waals surface area contributed by atoms with Crippen LogP contribution in [0.4, 0.5) is 11.6 Å². The number of rotatable bonds is 7. The third kappa shape index (κ3) is 4.50. The van der Waals surface area contributed by atoms with Crippen LogP contribution in [0.15, 0.2) is 6.07 Å². The van der Waals surface area contributed by atoms with E-state index in [1.807, 2.05) is 11.8 Å². The average Bonchev–Trinajstić information content (AvgIpc) is 2.92. The first kappa shape index (κ1) is 16.4. The van der Waals surface area contributed by atoms with E-state index in [9.17, 15) is 0 Å². The summed E-state index contributed by atoms with van der Waals surface area (Å²) in [4.78, 5) is 9.32. The second-order valence-electron chi connectivity index (χ2n) is 6.03. The molecule has 2 atom stereocenters. The summed E-state index contributed by atoms with van der Waals surface area (Å²) < 4.78 is 0. The normalized spacial score (nSPS) is 21.8. The van der Waals surface area contributed by atoms with E-state index in [2.05, 4.69) is 48.7 Å². The Hall–Kier alpha value is -0.970. The Morgan fingerprint density at radius 2 is 2.05 bits per heavy atom. The summed E-state index contributed by atoms with van der Waals surface area (Å²) in [5.74, 6) is 3.17. The summed E-state index contributed by atoms with van der Waals surface area (Å²) in [6.07, 6.45) is 7.16. The fourth-order valence-corrected chi connectivity index (χ4v) is 3.64. The van der Waals surface area contributed by atoms with E-state index in [1.165, 1.54) is 19.3 Å². The van der Waals surface area contributed by atoms with Gasteiger partial charge in [0.1, 0.15) is 17.5 Å². The summed E-state index contributed by atoms with van der Waals surface area (Å²) in [6.45, 7) is 7.40. The molecule has 0 bridgehead atoms. The quantitative estimate of drug-likeness (QED) is 0.793. The van der Waals surface area contributed by atoms with Crippen molar-refractivity contribution >= 4 is 23.4 Å². The molecule has 5 heteroatoms. The highest BCUT2D eigenvalue weighted by molar-refractivity contribution is 7.99. The lowest BCUT2D eigenvalue weighted by Gasteiger charge is -2.21. The van der Waals surface area contributed by atoms with Crippen LogP contribution in [0, 0.1) is 0 Å². The van der Waals surface area contributed by atoms with Crippen LogP contribution < -0.4 is 10.6 Å². The van der Waals surface area contributed by atoms with Gasteiger partial charge >= 0.3 is 0 Å². The van der Waals surface area contributed by atoms with Crippen LogP contribution in [0.2, 0.25) is 0 Å². The Morgan fingerprint density at radius 3 is 2.71 bits per heavy atom. The van der Waals surface area contributed by atoms with Crippen molar-refractivity contribution in [2.75, 3.05) is 23.4 Å². The molecule has 1 aliphatic carbocycles. The van der Waals surface area contributed by atoms with Crippen molar-refractivity contribution in [3.05, 3.63) is 11.9 Å². The van der Waals surface area contributed by atoms with Crippen LogP contribution in [0.3, 0.4) is 0 Å². The molecule has 2 unspecified atom stereocenters. The van der Waals surface area contributed by atoms with Gasteiger partial charge in [-0.2, -0.15) is 11.8 Å². The monoisotopic (exact) mass is 308 g/mol. The maximum atomic E-state index is 4.70. The van der Waals surface area contributed by atoms with Gasteiger partial charge in [-0.15, -0.1) is 0 Å². The smallest absolute Gasteiger partial charge is 0.135 e. The highest BCUT2D eigenvalue weighted by atomic mass is 32.2. The Kier molecular flexibility index (Phi) is 6.15. The summed E-state index contributed by atoms with van der Waals surface area (Å²) in [5, 5.41) is 7.73. The van der Waals surface area contributed by atoms with Gasteiger partial charge < -0.3 is 10.6 Å². The molecule has 1 aromatic heterocycles. The Morgan fingerprint density at radius 1 is 1.29 bits per heavy atom. The molecule has 21 heavy (non-hydrogen) atoms. The lowest BCUT2D eigenvalue weighted by atomic mass is 10.2. The van der Waals surface area contributed by atoms with Gasteiger partial charge in [0, 0.05) is 29.8 Å². The molecule has 2 rings (SSSR count). The third-order valence-corrected chi connectivity index (χ3v) is 5.07. The van der Waals surface area contributed by atoms with Gasteiger partial charge in [-0.25, -0.2) is 9.97 Å². The maximum absolute atomic E-state index is 4.70. The van der Waals surface area contributed by atoms with Crippen molar-refractivity contribution in [2.45, 2.75) is 63.7 Å². The lowest BCUT2D eigenvalue weighted by Crippen LogP contribution is -2.26. The number of hydrogen-bond donors (Lipinski definition) is 2. The number of anilines is 2. The van der Waals surface area contributed by atoms with Crippen LogP contribution in [0.25, 0.3) is 0 Å². The molecule has 4 nitrogen and oxygen atoms in total. The molecule has 1 heterocycles. The Labute approximate surface area is 132 Å². The zero-order valence-electron chi connectivity index (χ0n) is 13.6. The third-order valence-electron chi connectivity index (χ3n) is 3.90. The Bertz CT molecular complexity index is 450. The first-order chi connectivity index (χ1) is 10.1. The topological polar surface area (TPSA) is 49.8 Å². The molecule has 2 N–H and O–H groups in total. The van der Waals surface area contributed by atoms with E-state index < -0.39 is 0 Å². The van der Waals surface area contributed by atoms with Crippen LogP contribution >= 0.6 is 11.8 Å². The van der Waals surface area contributed by atoms with Crippen LogP contribution in [-0.2, 0) is 0 Å². The van der Waals surface area contributed by atoms with Crippen LogP contribution in [0.5, 0.6) is 0 Å². The zero-order valence-corrected chi connectivity index (χ0v) is 14.5. The zero-order chi connectivity index (χ0) is 15.2. The van der Waals surface area contributed by atoms with E-state index in [0.29, 0.717) is 17.2 Å². The standard InChI is InChI=1S/C16H28N4S/c1-5-9-17-14-10-15(20-16(19-14)11(2)3)18-12-7-6-8-13(12)21-4/h10-13H,5-9H2,1-4H3,(H2,17,18,19,20). The number of nitrogens with one attached hydrogen (secondary N) is 2. The van der Waals surface area contributed by atoms with E-state index in [-0.39, 0.29) is 0 Å². The number of hydrogen-bond acceptors (Lipinski definition) is 5. The molecule has 0 saturated heterocycles. The highest BCUT2D eigenvalue weighted by Crippen LogP contribution is 2.31. The summed E-state index contributed by atoms with van der Waals surface area (Å²) in [5.41, 5.74) is 0. The Balaban J connectivity index is 2.15. The molecule has 1 saturated carbocycles. The van der Waals surface area contributed by atoms with Gasteiger partial charge in [0.05, 0.1) is 0 Å². The predicted octanol–water partition coefficient (Wildman–Crippen LogP) is 4.12. The van der Waals surface area contributed by atoms with Crippen LogP contribution in [0.1, 0.15) is 58.2 Å². The van der Waals surface area contributed by atoms with Crippen LogP contribution in [-0.4, -0.2) is 34.1 Å². The number of thioether (sulfide) groups is 1. The van der Waals surface area contributed by atoms with Crippen molar-refractivity contribution in [1.29, 1.82) is 0 Å². The SMILES string of the molecule is CCCNc1cc(NC2CCCC2SC)nc(C(C)C)n1. The van der Waals surface area contributed by atoms with Gasteiger partial charge in [0.2, 0.25) is 0 Å². The minimum atomic E-state index is 0.342. The van der Waals surface area contributed by atoms with Gasteiger partial charge in [-0.05, 0) is 25.5 Å². The molecule has 1 aromatic rings. The van der Waals surface area contributed by atoms with E-state index in [1.54, 1.807) is 0 Å². The summed E-state index contributed by atoms with van der Waals surface area (Å²) in [6, 6.07) is 2.59. The molecular weight excluding hydrogens is 280 g/mol. The van der Waals surface area contributed by atoms with Crippen molar-refractivity contribution in [2.24, 2.45) is 0 Å². The number of aromatic nitrogens is 2. The number of nitrogens with zero attached hydrogens (tertiary/aromatic N) is 2. The van der Waals surface area contributed by atoms with Crippen molar-refractivity contribution in [3.8, 4) is 0 Å². The maximum Gasteiger partial charge on any atom is 0.135 e. The predicted molar refractivity (Wildman–Crippen MR) is 93.5 cm³/mol. The fraction of sp³-hybridized carbons (Fsp3) is 0.750. The molecule has 0 radical (unpaired) electrons. The van der Waals surface area contributed by atoms with Crippen molar-refractivity contribution < 1.29 is 0 Å². The molecule has 1 fully saturated rings. The second-order valence-corrected chi connectivity index (χ2v) is 7.11. The minimum Gasteiger partial charge on any atom is -0.370 e. The minimum absolute atomic E-state index is 0.342. The second kappa shape index (κ2) is 7.87. The summed E-state index contributed by atoms with van der Waals surface area (Å²) in [7, 11) is 0. The van der Waals surface area contributed by atoms with E-state index >= 15 is 0 Å². The van der Waals surface area contributed by atoms with Gasteiger partial charge in [-0.1, -0.05) is 27.2 Å². The molecule has 118 valence electrons. The first-order valence-corrected chi connectivity index (χ1v) is 9.35. The summed E-state index contributed by atoms with van der Waals surface area (Å²) >= 11 is 1.97. The molecule has 0 aromatic carbocycles. The average molecular weight is 308 g/mol. The molecule has 0 aliphatic heterocycles. The molecular formula is C16H28N4S. The largest absolute Gasteiger partial charge is 0.370 e. The van der Waals surface area contributed by atoms with Gasteiger partial charge in [0.15, 0.2) is 0 Å². The molecule has 0 spiro atoms. The van der Waals surface area contributed by atoms with E-state index in [0.717, 1.165) is 30.4 Å². The molecule has 0 amide bonds. The first-order valence-electron chi connectivity index (χ1n) is 8.06. The fourth-order valence-electron chi connectivity index (χ4n) is 2.70. The molecule has 1 aliphatic rings. The van der Waals surface area contributed by atoms with E-state index in [4.69, 9.17) is 4.98 Å². The van der Waals surface area contributed by atoms with Gasteiger partial charge in [0.25, 0.3) is 0 Å². The van der Waals surface area contributed by atoms with Crippen molar-refractivity contribution in [3.63, 3.8) is 0 Å². The van der Waals surface area contributed by atoms with Crippen molar-refractivity contribution in [1.82, 2.24) is 9.97 Å². The lowest BCUT2D eigenvalue weighted by molar-refractivity contribution is 0.743. The highest BCUT2D eigenvalue weighted by Gasteiger charge is 2.26.